The summed E-state index contributed by atoms with van der Waals surface area (Å²) in [5, 5.41) is 16.9. The van der Waals surface area contributed by atoms with E-state index in [1.54, 1.807) is 43.1 Å². The third-order valence-corrected chi connectivity index (χ3v) is 5.49. The van der Waals surface area contributed by atoms with E-state index in [0.717, 1.165) is 4.47 Å². The Kier molecular flexibility index (Phi) is 7.36. The van der Waals surface area contributed by atoms with E-state index in [9.17, 15) is 9.59 Å². The highest BCUT2D eigenvalue weighted by molar-refractivity contribution is 9.11. The van der Waals surface area contributed by atoms with Gasteiger partial charge in [-0.2, -0.15) is 10.2 Å². The number of esters is 1. The Bertz CT molecular complexity index is 1300. The first-order valence-electron chi connectivity index (χ1n) is 9.12. The van der Waals surface area contributed by atoms with Gasteiger partial charge < -0.3 is 19.3 Å². The van der Waals surface area contributed by atoms with Gasteiger partial charge in [0.1, 0.15) is 22.6 Å². The van der Waals surface area contributed by atoms with Crippen molar-refractivity contribution in [2.45, 2.75) is 6.92 Å². The molecule has 0 spiro atoms. The van der Waals surface area contributed by atoms with Crippen molar-refractivity contribution in [2.75, 3.05) is 20.8 Å². The molecule has 168 valence electrons. The van der Waals surface area contributed by atoms with Crippen LogP contribution in [0.15, 0.2) is 45.9 Å². The number of aromatic nitrogens is 4. The quantitative estimate of drug-likeness (QED) is 0.357. The molecule has 0 atom stereocenters. The lowest BCUT2D eigenvalue weighted by Gasteiger charge is -2.04. The minimum atomic E-state index is -1.00. The number of aromatic carboxylic acids is 1. The number of rotatable bonds is 5. The second-order valence-electron chi connectivity index (χ2n) is 6.18. The summed E-state index contributed by atoms with van der Waals surface area (Å²) in [7, 11) is 3.11. The van der Waals surface area contributed by atoms with Crippen LogP contribution in [-0.4, -0.2) is 57.1 Å². The normalized spacial score (nSPS) is 10.5. The van der Waals surface area contributed by atoms with Gasteiger partial charge in [-0.05, 0) is 50.9 Å². The summed E-state index contributed by atoms with van der Waals surface area (Å²) in [6, 6.07) is 3.48. The van der Waals surface area contributed by atoms with Crippen LogP contribution >= 0.6 is 31.9 Å². The number of nitrogens with zero attached hydrogens (tertiary/aromatic N) is 4. The second kappa shape index (κ2) is 10.0. The van der Waals surface area contributed by atoms with Crippen molar-refractivity contribution >= 4 is 54.8 Å². The fraction of sp³-hybridized carbons (Fsp3) is 0.200. The van der Waals surface area contributed by atoms with Crippen molar-refractivity contribution in [3.63, 3.8) is 0 Å². The lowest BCUT2D eigenvalue weighted by Crippen LogP contribution is -2.04. The maximum atomic E-state index is 11.7. The zero-order chi connectivity index (χ0) is 23.4. The van der Waals surface area contributed by atoms with Gasteiger partial charge in [-0.3, -0.25) is 0 Å². The van der Waals surface area contributed by atoms with Gasteiger partial charge in [0.2, 0.25) is 0 Å². The van der Waals surface area contributed by atoms with E-state index in [2.05, 4.69) is 42.1 Å². The molecular formula is C20H18Br2N4O6. The molecule has 10 nitrogen and oxygen atoms in total. The fourth-order valence-corrected chi connectivity index (χ4v) is 4.08. The van der Waals surface area contributed by atoms with Gasteiger partial charge in [-0.1, -0.05) is 0 Å². The van der Waals surface area contributed by atoms with E-state index >= 15 is 0 Å². The first-order chi connectivity index (χ1) is 15.3. The minimum absolute atomic E-state index is 0.157. The molecule has 0 aliphatic rings. The zero-order valence-electron chi connectivity index (χ0n) is 17.2. The molecule has 0 aliphatic carbocycles. The number of pyridine rings is 2. The molecule has 0 radical (unpaired) electrons. The van der Waals surface area contributed by atoms with Crippen LogP contribution in [0.1, 0.15) is 27.6 Å². The number of carbonyl (C=O) groups excluding carboxylic acids is 1. The monoisotopic (exact) mass is 568 g/mol. The molecule has 4 heterocycles. The van der Waals surface area contributed by atoms with Crippen LogP contribution in [0.2, 0.25) is 0 Å². The highest BCUT2D eigenvalue weighted by Crippen LogP contribution is 2.27. The molecule has 0 unspecified atom stereocenters. The van der Waals surface area contributed by atoms with Gasteiger partial charge in [0, 0.05) is 8.95 Å². The maximum Gasteiger partial charge on any atom is 0.342 e. The number of halogens is 2. The van der Waals surface area contributed by atoms with Crippen molar-refractivity contribution in [2.24, 2.45) is 0 Å². The molecule has 4 aromatic heterocycles. The summed E-state index contributed by atoms with van der Waals surface area (Å²) >= 11 is 6.67. The van der Waals surface area contributed by atoms with Gasteiger partial charge in [0.15, 0.2) is 0 Å². The number of hydrogen-bond donors (Lipinski definition) is 1. The molecule has 0 fully saturated rings. The lowest BCUT2D eigenvalue weighted by atomic mass is 10.2. The minimum Gasteiger partial charge on any atom is -0.495 e. The van der Waals surface area contributed by atoms with Crippen molar-refractivity contribution in [3.8, 4) is 11.5 Å². The Morgan fingerprint density at radius 2 is 1.41 bits per heavy atom. The second-order valence-corrected chi connectivity index (χ2v) is 7.89. The topological polar surface area (TPSA) is 117 Å². The molecule has 0 bridgehead atoms. The van der Waals surface area contributed by atoms with Gasteiger partial charge in [0.05, 0.1) is 56.6 Å². The number of fused-ring (bicyclic) bond motifs is 2. The molecule has 0 saturated heterocycles. The van der Waals surface area contributed by atoms with Gasteiger partial charge in [0.25, 0.3) is 0 Å². The van der Waals surface area contributed by atoms with E-state index in [1.807, 2.05) is 0 Å². The Labute approximate surface area is 198 Å². The number of ether oxygens (including phenoxy) is 3. The maximum absolute atomic E-state index is 11.7. The molecule has 32 heavy (non-hydrogen) atoms. The summed E-state index contributed by atoms with van der Waals surface area (Å²) in [5.41, 5.74) is 1.78. The standard InChI is InChI=1S/C11H11BrN2O3.C9H7BrN2O3/c1-3-17-11(15)8-5-13-14-6-7(16-2)4-9(12)10(8)14;1-15-5-2-7(10)8-6(9(13)14)3-11-12(8)4-5/h4-6H,3H2,1-2H3;2-4H,1H3,(H,13,14). The Hall–Kier alpha value is -3.12. The predicted molar refractivity (Wildman–Crippen MR) is 122 cm³/mol. The molecule has 12 heteroatoms. The SMILES string of the molecule is CCOC(=O)c1cnn2cc(OC)cc(Br)c12.COc1cc(Br)c2c(C(=O)O)cnn2c1. The first-order valence-corrected chi connectivity index (χ1v) is 10.7. The number of methoxy groups -OCH3 is 2. The zero-order valence-corrected chi connectivity index (χ0v) is 20.4. The third kappa shape index (κ3) is 4.70. The van der Waals surface area contributed by atoms with Gasteiger partial charge >= 0.3 is 11.9 Å². The molecule has 0 saturated carbocycles. The van der Waals surface area contributed by atoms with Crippen LogP contribution in [0.4, 0.5) is 0 Å². The number of hydrogen-bond acceptors (Lipinski definition) is 7. The molecular weight excluding hydrogens is 552 g/mol. The number of carbonyl (C=O) groups is 2. The highest BCUT2D eigenvalue weighted by Gasteiger charge is 2.17. The highest BCUT2D eigenvalue weighted by atomic mass is 79.9. The van der Waals surface area contributed by atoms with Crippen molar-refractivity contribution in [1.82, 2.24) is 19.2 Å². The molecule has 0 amide bonds. The average Bonchev–Trinajstić information content (AvgIpc) is 3.39. The van der Waals surface area contributed by atoms with Crippen molar-refractivity contribution < 1.29 is 28.9 Å². The summed E-state index contributed by atoms with van der Waals surface area (Å²) in [6.45, 7) is 2.10. The first kappa shape index (κ1) is 23.5. The smallest absolute Gasteiger partial charge is 0.342 e. The summed E-state index contributed by atoms with van der Waals surface area (Å²) in [4.78, 5) is 22.6. The van der Waals surface area contributed by atoms with E-state index in [1.165, 1.54) is 24.0 Å². The van der Waals surface area contributed by atoms with Crippen molar-refractivity contribution in [3.05, 3.63) is 57.0 Å². The van der Waals surface area contributed by atoms with E-state index in [0.29, 0.717) is 39.2 Å². The Morgan fingerprint density at radius 3 is 1.84 bits per heavy atom. The molecule has 4 rings (SSSR count). The Morgan fingerprint density at radius 1 is 0.938 bits per heavy atom. The van der Waals surface area contributed by atoms with Crippen LogP contribution in [0.25, 0.3) is 11.0 Å². The molecule has 1 N–H and O–H groups in total. The van der Waals surface area contributed by atoms with E-state index < -0.39 is 5.97 Å². The number of carboxylic acids is 1. The predicted octanol–water partition coefficient (Wildman–Crippen LogP) is 4.09. The fourth-order valence-electron chi connectivity index (χ4n) is 2.84. The van der Waals surface area contributed by atoms with Crippen LogP contribution < -0.4 is 9.47 Å². The van der Waals surface area contributed by atoms with Crippen LogP contribution in [0.3, 0.4) is 0 Å². The van der Waals surface area contributed by atoms with Gasteiger partial charge in [-0.25, -0.2) is 18.6 Å². The third-order valence-electron chi connectivity index (χ3n) is 4.28. The van der Waals surface area contributed by atoms with Crippen LogP contribution in [0, 0.1) is 0 Å². The van der Waals surface area contributed by atoms with Gasteiger partial charge in [-0.15, -0.1) is 0 Å². The Balaban J connectivity index is 0.000000182. The molecule has 0 aromatic carbocycles. The summed E-state index contributed by atoms with van der Waals surface area (Å²) in [6.07, 6.45) is 6.11. The summed E-state index contributed by atoms with van der Waals surface area (Å²) < 4.78 is 19.5. The van der Waals surface area contributed by atoms with Crippen LogP contribution in [0.5, 0.6) is 11.5 Å². The lowest BCUT2D eigenvalue weighted by molar-refractivity contribution is 0.0528. The van der Waals surface area contributed by atoms with E-state index in [4.69, 9.17) is 19.3 Å². The summed E-state index contributed by atoms with van der Waals surface area (Å²) in [5.74, 6) is -0.124. The molecule has 0 aliphatic heterocycles. The number of carboxylic acid groups (broad SMARTS) is 1. The largest absolute Gasteiger partial charge is 0.495 e. The van der Waals surface area contributed by atoms with Crippen LogP contribution in [-0.2, 0) is 4.74 Å². The van der Waals surface area contributed by atoms with E-state index in [-0.39, 0.29) is 11.5 Å². The van der Waals surface area contributed by atoms with Crippen molar-refractivity contribution in [1.29, 1.82) is 0 Å². The average molecular weight is 570 g/mol. The molecule has 4 aromatic rings.